The van der Waals surface area contributed by atoms with Crippen LogP contribution in [0.2, 0.25) is 13.1 Å². The largest absolute Gasteiger partial charge is 0.334 e. The Morgan fingerprint density at radius 3 is 1.60 bits per heavy atom. The van der Waals surface area contributed by atoms with Gasteiger partial charge in [0.25, 0.3) is 6.71 Å². The van der Waals surface area contributed by atoms with E-state index in [0.717, 1.165) is 18.5 Å². The van der Waals surface area contributed by atoms with E-state index in [4.69, 9.17) is 0 Å². The Kier molecular flexibility index (Phi) is 11.2. The van der Waals surface area contributed by atoms with E-state index in [9.17, 15) is 0 Å². The van der Waals surface area contributed by atoms with Crippen LogP contribution in [0, 0.1) is 10.8 Å². The van der Waals surface area contributed by atoms with E-state index in [2.05, 4.69) is 287 Å². The molecule has 0 aromatic heterocycles. The molecule has 4 aliphatic rings. The summed E-state index contributed by atoms with van der Waals surface area (Å²) < 4.78 is 0. The normalized spacial score (nSPS) is 20.1. The molecule has 0 N–H and O–H groups in total. The summed E-state index contributed by atoms with van der Waals surface area (Å²) in [5.41, 5.74) is 22.8. The van der Waals surface area contributed by atoms with Gasteiger partial charge in [0, 0.05) is 50.9 Å². The van der Waals surface area contributed by atoms with Gasteiger partial charge < -0.3 is 14.7 Å². The molecular weight excluding hydrogens is 922 g/mol. The number of rotatable bonds is 6. The Morgan fingerprint density at radius 1 is 0.427 bits per heavy atom. The van der Waals surface area contributed by atoms with Crippen molar-refractivity contribution in [3.8, 4) is 22.3 Å². The van der Waals surface area contributed by atoms with Crippen molar-refractivity contribution in [1.82, 2.24) is 0 Å². The van der Waals surface area contributed by atoms with Gasteiger partial charge in [-0.25, -0.2) is 0 Å². The number of hydrogen-bond acceptors (Lipinski definition) is 3. The van der Waals surface area contributed by atoms with Gasteiger partial charge in [-0.05, 0) is 151 Å². The third-order valence-corrected chi connectivity index (χ3v) is 20.8. The molecule has 3 aliphatic heterocycles. The summed E-state index contributed by atoms with van der Waals surface area (Å²) in [5.74, 6) is 0. The average Bonchev–Trinajstić information content (AvgIpc) is 3.66. The zero-order valence-corrected chi connectivity index (χ0v) is 48.3. The van der Waals surface area contributed by atoms with Gasteiger partial charge in [0.2, 0.25) is 0 Å². The van der Waals surface area contributed by atoms with E-state index in [0.29, 0.717) is 0 Å². The smallest absolute Gasteiger partial charge is 0.252 e. The van der Waals surface area contributed by atoms with Crippen LogP contribution in [0.25, 0.3) is 22.3 Å². The lowest BCUT2D eigenvalue weighted by atomic mass is 9.33. The van der Waals surface area contributed by atoms with Crippen LogP contribution in [0.3, 0.4) is 0 Å². The lowest BCUT2D eigenvalue weighted by molar-refractivity contribution is -0.0311. The Hall–Kier alpha value is -6.56. The van der Waals surface area contributed by atoms with Crippen LogP contribution in [0.5, 0.6) is 0 Å². The minimum absolute atomic E-state index is 0.0206. The van der Waals surface area contributed by atoms with Crippen molar-refractivity contribution >= 4 is 82.6 Å². The first-order valence-corrected chi connectivity index (χ1v) is 30.7. The van der Waals surface area contributed by atoms with Crippen LogP contribution in [-0.4, -0.2) is 21.0 Å². The Balaban J connectivity index is 1.21. The topological polar surface area (TPSA) is 9.72 Å². The summed E-state index contributed by atoms with van der Waals surface area (Å²) in [6.45, 7) is 34.4. The molecule has 8 aromatic rings. The Bertz CT molecular complexity index is 3540. The van der Waals surface area contributed by atoms with E-state index in [1.165, 1.54) is 95.1 Å². The molecule has 0 amide bonds. The first kappa shape index (κ1) is 49.3. The second-order valence-corrected chi connectivity index (χ2v) is 29.8. The minimum atomic E-state index is -1.12. The molecule has 0 spiro atoms. The average molecular weight is 998 g/mol. The highest BCUT2D eigenvalue weighted by Crippen LogP contribution is 2.68. The predicted molar refractivity (Wildman–Crippen MR) is 328 cm³/mol. The summed E-state index contributed by atoms with van der Waals surface area (Å²) in [5, 5.41) is 1.55. The summed E-state index contributed by atoms with van der Waals surface area (Å²) in [6, 6.07) is 68.3. The van der Waals surface area contributed by atoms with E-state index in [1.54, 1.807) is 5.19 Å². The van der Waals surface area contributed by atoms with Crippen LogP contribution in [0.1, 0.15) is 113 Å². The van der Waals surface area contributed by atoms with Crippen molar-refractivity contribution in [3.63, 3.8) is 0 Å². The summed E-state index contributed by atoms with van der Waals surface area (Å²) >= 11 is 0. The van der Waals surface area contributed by atoms with Gasteiger partial charge in [0.05, 0.1) is 14.3 Å². The molecule has 5 heteroatoms. The van der Waals surface area contributed by atoms with Gasteiger partial charge in [-0.1, -0.05) is 216 Å². The quantitative estimate of drug-likeness (QED) is 0.154. The summed E-state index contributed by atoms with van der Waals surface area (Å²) in [7, 11) is -1.12. The summed E-state index contributed by atoms with van der Waals surface area (Å²) in [6.07, 6.45) is 2.17. The molecule has 1 fully saturated rings. The standard InChI is InChI=1S/C70H76BN3Si/c1-65(2,3)50-29-32-52(33-30-50)72-60-36-31-51(66(4,5)6)40-58(60)71-57-35-28-49(47-24-19-16-20-25-47)39-61(57)73(53-27-21-26-48(38-53)46-22-17-15-18-23-46)63-42-54(41-62(72)64(63)71)74-59-37-34-55(75(13)14)43-56(59)69(11)44-67(7,8)68(9,10)45-70(69,74)12/h15-43,75H,44-45H2,1-14H3. The van der Waals surface area contributed by atoms with Crippen molar-refractivity contribution in [2.75, 3.05) is 14.7 Å². The first-order valence-electron chi connectivity index (χ1n) is 27.8. The second kappa shape index (κ2) is 17.0. The van der Waals surface area contributed by atoms with Crippen molar-refractivity contribution in [2.45, 2.75) is 131 Å². The maximum Gasteiger partial charge on any atom is 0.252 e. The highest BCUT2D eigenvalue weighted by atomic mass is 28.3. The molecule has 75 heavy (non-hydrogen) atoms. The van der Waals surface area contributed by atoms with Crippen molar-refractivity contribution in [3.05, 3.63) is 193 Å². The number of fused-ring (bicyclic) bond motifs is 7. The molecule has 8 aromatic carbocycles. The maximum absolute atomic E-state index is 2.85. The lowest BCUT2D eigenvalue weighted by Crippen LogP contribution is -2.63. The van der Waals surface area contributed by atoms with Gasteiger partial charge in [-0.15, -0.1) is 0 Å². The van der Waals surface area contributed by atoms with Gasteiger partial charge in [0.15, 0.2) is 0 Å². The fourth-order valence-electron chi connectivity index (χ4n) is 14.1. The predicted octanol–water partition coefficient (Wildman–Crippen LogP) is 16.4. The first-order chi connectivity index (χ1) is 35.5. The SMILES string of the molecule is C[SiH](C)c1ccc2c(c1)C1(C)CC(C)(C)C(C)(C)CC1(C)N2c1cc2c3c(c1)N(c1cccc(-c4ccccc4)c1)c1cc(-c4ccccc4)ccc1B3c1cc(C(C)(C)C)ccc1N2c1ccc(C(C)(C)C)cc1. The van der Waals surface area contributed by atoms with Gasteiger partial charge in [-0.2, -0.15) is 0 Å². The van der Waals surface area contributed by atoms with Crippen molar-refractivity contribution < 1.29 is 0 Å². The van der Waals surface area contributed by atoms with E-state index in [-0.39, 0.29) is 39.3 Å². The van der Waals surface area contributed by atoms with E-state index >= 15 is 0 Å². The molecule has 1 aliphatic carbocycles. The molecular formula is C70H76BN3Si. The van der Waals surface area contributed by atoms with E-state index in [1.807, 2.05) is 0 Å². The highest BCUT2D eigenvalue weighted by molar-refractivity contribution is 7.00. The Labute approximate surface area is 451 Å². The fourth-order valence-corrected chi connectivity index (χ4v) is 15.1. The monoisotopic (exact) mass is 998 g/mol. The van der Waals surface area contributed by atoms with Gasteiger partial charge in [0.1, 0.15) is 0 Å². The second-order valence-electron chi connectivity index (χ2n) is 26.9. The lowest BCUT2D eigenvalue weighted by Gasteiger charge is -2.61. The number of anilines is 8. The minimum Gasteiger partial charge on any atom is -0.334 e. The molecule has 3 nitrogen and oxygen atoms in total. The molecule has 378 valence electrons. The highest BCUT2D eigenvalue weighted by Gasteiger charge is 2.65. The van der Waals surface area contributed by atoms with E-state index < -0.39 is 8.80 Å². The molecule has 12 rings (SSSR count). The van der Waals surface area contributed by atoms with Crippen molar-refractivity contribution in [2.24, 2.45) is 10.8 Å². The van der Waals surface area contributed by atoms with Crippen LogP contribution in [0.15, 0.2) is 176 Å². The van der Waals surface area contributed by atoms with Crippen LogP contribution < -0.4 is 36.3 Å². The zero-order valence-electron chi connectivity index (χ0n) is 47.2. The Morgan fingerprint density at radius 2 is 0.987 bits per heavy atom. The fraction of sp³-hybridized carbons (Fsp3) is 0.314. The van der Waals surface area contributed by atoms with Crippen LogP contribution >= 0.6 is 0 Å². The van der Waals surface area contributed by atoms with Crippen LogP contribution in [-0.2, 0) is 16.2 Å². The van der Waals surface area contributed by atoms with Crippen LogP contribution in [0.4, 0.5) is 45.5 Å². The molecule has 2 atom stereocenters. The third kappa shape index (κ3) is 7.64. The zero-order chi connectivity index (χ0) is 52.8. The molecule has 1 saturated carbocycles. The van der Waals surface area contributed by atoms with Gasteiger partial charge in [-0.3, -0.25) is 0 Å². The maximum atomic E-state index is 2.85. The molecule has 0 bridgehead atoms. The molecule has 3 heterocycles. The number of hydrogen-bond donors (Lipinski definition) is 0. The van der Waals surface area contributed by atoms with Gasteiger partial charge >= 0.3 is 0 Å². The molecule has 2 unspecified atom stereocenters. The summed E-state index contributed by atoms with van der Waals surface area (Å²) in [4.78, 5) is 8.13. The molecule has 0 radical (unpaired) electrons. The van der Waals surface area contributed by atoms with Crippen molar-refractivity contribution in [1.29, 1.82) is 0 Å². The number of benzene rings is 8. The third-order valence-electron chi connectivity index (χ3n) is 19.1. The number of nitrogens with zero attached hydrogens (tertiary/aromatic N) is 3. The molecule has 0 saturated heterocycles.